The Labute approximate surface area is 170 Å². The van der Waals surface area contributed by atoms with Crippen molar-refractivity contribution in [1.29, 1.82) is 5.26 Å². The second kappa shape index (κ2) is 7.66. The van der Waals surface area contributed by atoms with Gasteiger partial charge in [0.1, 0.15) is 5.75 Å². The summed E-state index contributed by atoms with van der Waals surface area (Å²) in [5, 5.41) is 18.9. The number of aromatic hydroxyl groups is 1. The van der Waals surface area contributed by atoms with Gasteiger partial charge in [0.05, 0.1) is 27.6 Å². The van der Waals surface area contributed by atoms with Crippen LogP contribution in [-0.4, -0.2) is 21.2 Å². The summed E-state index contributed by atoms with van der Waals surface area (Å²) in [6.07, 6.45) is 1.48. The summed E-state index contributed by atoms with van der Waals surface area (Å²) in [7, 11) is 0. The smallest absolute Gasteiger partial charge is 0.293 e. The molecule has 8 heteroatoms. The zero-order valence-electron chi connectivity index (χ0n) is 13.1. The van der Waals surface area contributed by atoms with Crippen LogP contribution in [-0.2, 0) is 11.3 Å². The summed E-state index contributed by atoms with van der Waals surface area (Å²) in [6.45, 7) is 0.0277. The van der Waals surface area contributed by atoms with Crippen molar-refractivity contribution in [1.82, 2.24) is 4.90 Å². The molecule has 1 fully saturated rings. The van der Waals surface area contributed by atoms with E-state index in [1.54, 1.807) is 36.4 Å². The van der Waals surface area contributed by atoms with Gasteiger partial charge in [0.2, 0.25) is 0 Å². The van der Waals surface area contributed by atoms with Gasteiger partial charge in [0.15, 0.2) is 0 Å². The minimum absolute atomic E-state index is 0.0187. The Hall–Kier alpha value is -2.08. The third-order valence-electron chi connectivity index (χ3n) is 3.68. The largest absolute Gasteiger partial charge is 0.506 e. The lowest BCUT2D eigenvalue weighted by Crippen LogP contribution is -2.27. The average molecular weight is 494 g/mol. The van der Waals surface area contributed by atoms with E-state index in [1.807, 2.05) is 0 Å². The van der Waals surface area contributed by atoms with Crippen LogP contribution in [0, 0.1) is 11.3 Å². The number of benzene rings is 2. The average Bonchev–Trinajstić information content (AvgIpc) is 2.87. The first-order valence-electron chi connectivity index (χ1n) is 7.32. The van der Waals surface area contributed by atoms with Crippen LogP contribution in [0.4, 0.5) is 4.79 Å². The molecule has 2 aromatic rings. The molecular weight excluding hydrogens is 484 g/mol. The zero-order valence-corrected chi connectivity index (χ0v) is 17.1. The lowest BCUT2D eigenvalue weighted by Gasteiger charge is -2.13. The molecule has 0 bridgehead atoms. The van der Waals surface area contributed by atoms with E-state index in [1.165, 1.54) is 6.08 Å². The summed E-state index contributed by atoms with van der Waals surface area (Å²) < 4.78 is 1.19. The standard InChI is InChI=1S/C18H10Br2N2O3S/c19-13-5-12(16(23)14(20)7-13)6-15-17(24)22(18(25)26-15)9-11-4-2-1-3-10(11)8-21/h1-7,23H,9H2/b15-6+. The van der Waals surface area contributed by atoms with Gasteiger partial charge in [0.25, 0.3) is 11.1 Å². The van der Waals surface area contributed by atoms with Gasteiger partial charge in [0, 0.05) is 10.0 Å². The van der Waals surface area contributed by atoms with Gasteiger partial charge in [-0.25, -0.2) is 0 Å². The lowest BCUT2D eigenvalue weighted by molar-refractivity contribution is -0.123. The summed E-state index contributed by atoms with van der Waals surface area (Å²) in [6, 6.07) is 12.2. The van der Waals surface area contributed by atoms with E-state index >= 15 is 0 Å². The van der Waals surface area contributed by atoms with Gasteiger partial charge in [-0.2, -0.15) is 5.26 Å². The van der Waals surface area contributed by atoms with Crippen LogP contribution in [0.2, 0.25) is 0 Å². The van der Waals surface area contributed by atoms with Crippen molar-refractivity contribution in [2.75, 3.05) is 0 Å². The van der Waals surface area contributed by atoms with Crippen molar-refractivity contribution in [2.24, 2.45) is 0 Å². The Bertz CT molecular complexity index is 998. The van der Waals surface area contributed by atoms with E-state index in [9.17, 15) is 14.7 Å². The molecule has 0 aromatic heterocycles. The number of rotatable bonds is 3. The first kappa shape index (κ1) is 18.7. The molecule has 0 unspecified atom stereocenters. The SMILES string of the molecule is N#Cc1ccccc1CN1C(=O)S/C(=C/c2cc(Br)cc(Br)c2O)C1=O. The van der Waals surface area contributed by atoms with E-state index in [0.717, 1.165) is 21.1 Å². The third kappa shape index (κ3) is 3.70. The number of imide groups is 1. The minimum Gasteiger partial charge on any atom is -0.506 e. The summed E-state index contributed by atoms with van der Waals surface area (Å²) >= 11 is 7.37. The Kier molecular flexibility index (Phi) is 5.51. The normalized spacial score (nSPS) is 15.6. The molecule has 26 heavy (non-hydrogen) atoms. The van der Waals surface area contributed by atoms with Crippen LogP contribution in [0.15, 0.2) is 50.2 Å². The monoisotopic (exact) mass is 492 g/mol. The molecule has 3 rings (SSSR count). The molecule has 1 N–H and O–H groups in total. The van der Waals surface area contributed by atoms with Gasteiger partial charge >= 0.3 is 0 Å². The number of halogens is 2. The Morgan fingerprint density at radius 3 is 2.69 bits per heavy atom. The zero-order chi connectivity index (χ0) is 18.8. The maximum Gasteiger partial charge on any atom is 0.293 e. The summed E-state index contributed by atoms with van der Waals surface area (Å²) in [5.41, 5.74) is 1.44. The number of nitriles is 1. The quantitative estimate of drug-likeness (QED) is 0.606. The van der Waals surface area contributed by atoms with Crippen molar-refractivity contribution in [3.8, 4) is 11.8 Å². The highest BCUT2D eigenvalue weighted by molar-refractivity contribution is 9.11. The molecule has 1 aliphatic rings. The fraction of sp³-hybridized carbons (Fsp3) is 0.0556. The second-order valence-corrected chi connectivity index (χ2v) is 8.13. The number of thioether (sulfide) groups is 1. The molecular formula is C18H10Br2N2O3S. The van der Waals surface area contributed by atoms with Crippen molar-refractivity contribution in [3.05, 3.63) is 66.9 Å². The fourth-order valence-electron chi connectivity index (χ4n) is 2.41. The number of hydrogen-bond acceptors (Lipinski definition) is 5. The Morgan fingerprint density at radius 2 is 1.96 bits per heavy atom. The maximum absolute atomic E-state index is 12.6. The van der Waals surface area contributed by atoms with Crippen LogP contribution in [0.5, 0.6) is 5.75 Å². The maximum atomic E-state index is 12.6. The van der Waals surface area contributed by atoms with Crippen molar-refractivity contribution < 1.29 is 14.7 Å². The molecule has 0 saturated carbocycles. The number of phenolic OH excluding ortho intramolecular Hbond substituents is 1. The molecule has 0 radical (unpaired) electrons. The van der Waals surface area contributed by atoms with Gasteiger partial charge < -0.3 is 5.11 Å². The van der Waals surface area contributed by atoms with Crippen molar-refractivity contribution in [3.63, 3.8) is 0 Å². The van der Waals surface area contributed by atoms with E-state index in [-0.39, 0.29) is 17.2 Å². The van der Waals surface area contributed by atoms with Crippen LogP contribution in [0.25, 0.3) is 6.08 Å². The fourth-order valence-corrected chi connectivity index (χ4v) is 4.50. The highest BCUT2D eigenvalue weighted by Gasteiger charge is 2.35. The van der Waals surface area contributed by atoms with Crippen molar-refractivity contribution >= 4 is 60.8 Å². The first-order chi connectivity index (χ1) is 12.4. The predicted octanol–water partition coefficient (Wildman–Crippen LogP) is 5.03. The van der Waals surface area contributed by atoms with Gasteiger partial charge in [-0.1, -0.05) is 34.1 Å². The van der Waals surface area contributed by atoms with Crippen LogP contribution >= 0.6 is 43.6 Å². The van der Waals surface area contributed by atoms with Gasteiger partial charge in [-0.3, -0.25) is 14.5 Å². The van der Waals surface area contributed by atoms with Crippen molar-refractivity contribution in [2.45, 2.75) is 6.54 Å². The topological polar surface area (TPSA) is 81.4 Å². The van der Waals surface area contributed by atoms with Gasteiger partial charge in [-0.05, 0) is 57.5 Å². The Balaban J connectivity index is 1.91. The predicted molar refractivity (Wildman–Crippen MR) is 106 cm³/mol. The highest BCUT2D eigenvalue weighted by Crippen LogP contribution is 2.38. The van der Waals surface area contributed by atoms with E-state index in [4.69, 9.17) is 5.26 Å². The number of carbonyl (C=O) groups is 2. The summed E-state index contributed by atoms with van der Waals surface area (Å²) in [4.78, 5) is 26.2. The molecule has 130 valence electrons. The number of carbonyl (C=O) groups excluding carboxylic acids is 2. The lowest BCUT2D eigenvalue weighted by atomic mass is 10.1. The molecule has 0 spiro atoms. The number of phenols is 1. The molecule has 1 heterocycles. The highest BCUT2D eigenvalue weighted by atomic mass is 79.9. The minimum atomic E-state index is -0.455. The van der Waals surface area contributed by atoms with E-state index in [0.29, 0.717) is 21.2 Å². The van der Waals surface area contributed by atoms with Crippen LogP contribution < -0.4 is 0 Å². The molecule has 0 aliphatic carbocycles. The molecule has 1 saturated heterocycles. The van der Waals surface area contributed by atoms with E-state index < -0.39 is 11.1 Å². The second-order valence-electron chi connectivity index (χ2n) is 5.36. The molecule has 5 nitrogen and oxygen atoms in total. The number of hydrogen-bond donors (Lipinski definition) is 1. The number of amides is 2. The van der Waals surface area contributed by atoms with Gasteiger partial charge in [-0.15, -0.1) is 0 Å². The molecule has 0 atom stereocenters. The third-order valence-corrected chi connectivity index (χ3v) is 5.65. The molecule has 1 aliphatic heterocycles. The summed E-state index contributed by atoms with van der Waals surface area (Å²) in [5.74, 6) is -0.474. The van der Waals surface area contributed by atoms with E-state index in [2.05, 4.69) is 37.9 Å². The Morgan fingerprint density at radius 1 is 1.23 bits per heavy atom. The molecule has 2 aromatic carbocycles. The molecule has 2 amide bonds. The number of nitrogens with zero attached hydrogens (tertiary/aromatic N) is 2. The first-order valence-corrected chi connectivity index (χ1v) is 9.72. The van der Waals surface area contributed by atoms with Crippen LogP contribution in [0.1, 0.15) is 16.7 Å². The van der Waals surface area contributed by atoms with Crippen LogP contribution in [0.3, 0.4) is 0 Å².